The maximum absolute atomic E-state index is 11.4. The van der Waals surface area contributed by atoms with Crippen molar-refractivity contribution < 1.29 is 18.9 Å². The maximum atomic E-state index is 11.4. The van der Waals surface area contributed by atoms with E-state index in [0.29, 0.717) is 49.6 Å². The van der Waals surface area contributed by atoms with Gasteiger partial charge in [0.1, 0.15) is 11.4 Å². The summed E-state index contributed by atoms with van der Waals surface area (Å²) in [6.07, 6.45) is 0.597. The minimum absolute atomic E-state index is 0.0171. The molecule has 0 radical (unpaired) electrons. The van der Waals surface area contributed by atoms with Crippen molar-refractivity contribution in [3.8, 4) is 11.3 Å². The molecule has 114 valence electrons. The number of nitro groups is 1. The predicted octanol–water partition coefficient (Wildman–Crippen LogP) is 2.50. The zero-order chi connectivity index (χ0) is 15.5. The Morgan fingerprint density at radius 2 is 1.95 bits per heavy atom. The van der Waals surface area contributed by atoms with E-state index >= 15 is 0 Å². The molecule has 3 rings (SSSR count). The van der Waals surface area contributed by atoms with Crippen molar-refractivity contribution in [2.45, 2.75) is 0 Å². The van der Waals surface area contributed by atoms with Gasteiger partial charge < -0.3 is 14.1 Å². The van der Waals surface area contributed by atoms with Crippen LogP contribution in [0.5, 0.6) is 0 Å². The van der Waals surface area contributed by atoms with Crippen molar-refractivity contribution in [2.75, 3.05) is 31.2 Å². The van der Waals surface area contributed by atoms with E-state index in [1.54, 1.807) is 18.2 Å². The predicted molar refractivity (Wildman–Crippen MR) is 79.2 cm³/mol. The molecule has 2 aromatic rings. The lowest BCUT2D eigenvalue weighted by Gasteiger charge is -2.28. The second kappa shape index (κ2) is 5.98. The molecule has 0 bridgehead atoms. The summed E-state index contributed by atoms with van der Waals surface area (Å²) in [7, 11) is 0. The van der Waals surface area contributed by atoms with E-state index in [4.69, 9.17) is 9.15 Å². The molecule has 1 aliphatic heterocycles. The molecule has 7 nitrogen and oxygen atoms in total. The van der Waals surface area contributed by atoms with E-state index in [1.807, 2.05) is 4.90 Å². The van der Waals surface area contributed by atoms with E-state index in [1.165, 1.54) is 12.1 Å². The summed E-state index contributed by atoms with van der Waals surface area (Å²) in [5, 5.41) is 11.4. The highest BCUT2D eigenvalue weighted by atomic mass is 16.6. The Labute approximate surface area is 126 Å². The van der Waals surface area contributed by atoms with Crippen molar-refractivity contribution in [1.82, 2.24) is 0 Å². The zero-order valence-corrected chi connectivity index (χ0v) is 11.7. The first-order valence-electron chi connectivity index (χ1n) is 6.85. The Kier molecular flexibility index (Phi) is 3.88. The molecule has 22 heavy (non-hydrogen) atoms. The fraction of sp³-hybridized carbons (Fsp3) is 0.267. The van der Waals surface area contributed by atoms with Gasteiger partial charge in [-0.15, -0.1) is 0 Å². The summed E-state index contributed by atoms with van der Waals surface area (Å²) in [6.45, 7) is 2.35. The quantitative estimate of drug-likeness (QED) is 0.490. The Balaban J connectivity index is 1.99. The van der Waals surface area contributed by atoms with E-state index in [2.05, 4.69) is 0 Å². The van der Waals surface area contributed by atoms with Crippen LogP contribution < -0.4 is 4.90 Å². The van der Waals surface area contributed by atoms with Crippen molar-refractivity contribution in [3.05, 3.63) is 46.2 Å². The molecule has 0 N–H and O–H groups in total. The third-order valence-corrected chi connectivity index (χ3v) is 3.55. The second-order valence-electron chi connectivity index (χ2n) is 4.88. The van der Waals surface area contributed by atoms with Gasteiger partial charge in [-0.25, -0.2) is 0 Å². The Morgan fingerprint density at radius 1 is 1.18 bits per heavy atom. The van der Waals surface area contributed by atoms with Crippen LogP contribution in [0.25, 0.3) is 11.3 Å². The van der Waals surface area contributed by atoms with Gasteiger partial charge in [-0.2, -0.15) is 0 Å². The van der Waals surface area contributed by atoms with Crippen molar-refractivity contribution in [3.63, 3.8) is 0 Å². The summed E-state index contributed by atoms with van der Waals surface area (Å²) >= 11 is 0. The van der Waals surface area contributed by atoms with Gasteiger partial charge in [0.2, 0.25) is 0 Å². The van der Waals surface area contributed by atoms with Crippen LogP contribution in [-0.2, 0) is 4.74 Å². The monoisotopic (exact) mass is 302 g/mol. The molecule has 1 aromatic carbocycles. The average molecular weight is 302 g/mol. The summed E-state index contributed by atoms with van der Waals surface area (Å²) in [5.74, 6) is 0.619. The van der Waals surface area contributed by atoms with Gasteiger partial charge >= 0.3 is 0 Å². The van der Waals surface area contributed by atoms with E-state index in [0.717, 1.165) is 0 Å². The molecule has 1 aliphatic rings. The third kappa shape index (κ3) is 2.71. The molecule has 7 heteroatoms. The van der Waals surface area contributed by atoms with Gasteiger partial charge in [0.15, 0.2) is 12.0 Å². The number of carbonyl (C=O) groups excluding carboxylic acids is 1. The average Bonchev–Trinajstić information content (AvgIpc) is 3.04. The Morgan fingerprint density at radius 3 is 2.59 bits per heavy atom. The number of nitrogens with zero attached hydrogens (tertiary/aromatic N) is 2. The summed E-state index contributed by atoms with van der Waals surface area (Å²) in [5.41, 5.74) is 1.15. The Bertz CT molecular complexity index is 704. The molecule has 0 saturated carbocycles. The molecule has 1 aromatic heterocycles. The van der Waals surface area contributed by atoms with Crippen molar-refractivity contribution in [1.29, 1.82) is 0 Å². The first kappa shape index (κ1) is 14.3. The number of nitro benzene ring substituents is 1. The lowest BCUT2D eigenvalue weighted by Crippen LogP contribution is -2.36. The summed E-state index contributed by atoms with van der Waals surface area (Å²) in [4.78, 5) is 23.6. The van der Waals surface area contributed by atoms with Crippen LogP contribution in [0.2, 0.25) is 0 Å². The molecule has 0 amide bonds. The number of rotatable bonds is 4. The number of ether oxygens (including phenoxy) is 1. The van der Waals surface area contributed by atoms with E-state index in [-0.39, 0.29) is 11.4 Å². The number of carbonyl (C=O) groups is 1. The van der Waals surface area contributed by atoms with Crippen LogP contribution in [-0.4, -0.2) is 37.5 Å². The molecule has 0 atom stereocenters. The first-order valence-corrected chi connectivity index (χ1v) is 6.85. The van der Waals surface area contributed by atoms with Gasteiger partial charge in [0.25, 0.3) is 5.69 Å². The topological polar surface area (TPSA) is 85.8 Å². The van der Waals surface area contributed by atoms with Gasteiger partial charge in [-0.1, -0.05) is 0 Å². The minimum Gasteiger partial charge on any atom is -0.453 e. The van der Waals surface area contributed by atoms with Gasteiger partial charge in [0, 0.05) is 24.7 Å². The first-order chi connectivity index (χ1) is 10.7. The Hall–Kier alpha value is -2.67. The maximum Gasteiger partial charge on any atom is 0.293 e. The second-order valence-corrected chi connectivity index (χ2v) is 4.88. The van der Waals surface area contributed by atoms with Crippen LogP contribution in [0.4, 0.5) is 11.4 Å². The number of hydrogen-bond acceptors (Lipinski definition) is 6. The minimum atomic E-state index is -0.405. The van der Waals surface area contributed by atoms with Crippen molar-refractivity contribution in [2.24, 2.45) is 0 Å². The van der Waals surface area contributed by atoms with E-state index < -0.39 is 4.92 Å². The highest BCUT2D eigenvalue weighted by Crippen LogP contribution is 2.34. The van der Waals surface area contributed by atoms with Crippen LogP contribution >= 0.6 is 0 Å². The van der Waals surface area contributed by atoms with Crippen LogP contribution in [0.15, 0.2) is 34.7 Å². The number of furan rings is 1. The number of anilines is 1. The molecule has 0 unspecified atom stereocenters. The molecule has 0 spiro atoms. The highest BCUT2D eigenvalue weighted by molar-refractivity contribution is 5.75. The SMILES string of the molecule is O=Cc1ccc(-c2ccc(N3CCOCC3)c([N+](=O)[O-])c2)o1. The van der Waals surface area contributed by atoms with E-state index in [9.17, 15) is 14.9 Å². The zero-order valence-electron chi connectivity index (χ0n) is 11.7. The molecular weight excluding hydrogens is 288 g/mol. The number of benzene rings is 1. The van der Waals surface area contributed by atoms with Crippen LogP contribution in [0.1, 0.15) is 10.6 Å². The van der Waals surface area contributed by atoms with Gasteiger partial charge in [-0.05, 0) is 24.3 Å². The van der Waals surface area contributed by atoms with Crippen LogP contribution in [0, 0.1) is 10.1 Å². The van der Waals surface area contributed by atoms with Crippen molar-refractivity contribution >= 4 is 17.7 Å². The van der Waals surface area contributed by atoms with Gasteiger partial charge in [-0.3, -0.25) is 14.9 Å². The summed E-state index contributed by atoms with van der Waals surface area (Å²) < 4.78 is 10.6. The molecular formula is C15H14N2O5. The third-order valence-electron chi connectivity index (χ3n) is 3.55. The van der Waals surface area contributed by atoms with Gasteiger partial charge in [0.05, 0.1) is 18.1 Å². The molecule has 2 heterocycles. The molecule has 0 aliphatic carbocycles. The number of hydrogen-bond donors (Lipinski definition) is 0. The molecule has 1 saturated heterocycles. The fourth-order valence-corrected chi connectivity index (χ4v) is 2.47. The van der Waals surface area contributed by atoms with Crippen LogP contribution in [0.3, 0.4) is 0 Å². The number of morpholine rings is 1. The molecule has 1 fully saturated rings. The normalized spacial score (nSPS) is 14.8. The largest absolute Gasteiger partial charge is 0.453 e. The fourth-order valence-electron chi connectivity index (χ4n) is 2.47. The lowest BCUT2D eigenvalue weighted by molar-refractivity contribution is -0.384. The number of aldehydes is 1. The smallest absolute Gasteiger partial charge is 0.293 e. The standard InChI is InChI=1S/C15H14N2O5/c18-10-12-2-4-15(22-12)11-1-3-13(14(9-11)17(19)20)16-5-7-21-8-6-16/h1-4,9-10H,5-8H2. The lowest BCUT2D eigenvalue weighted by atomic mass is 10.1. The highest BCUT2D eigenvalue weighted by Gasteiger charge is 2.22. The summed E-state index contributed by atoms with van der Waals surface area (Å²) in [6, 6.07) is 8.09.